The lowest BCUT2D eigenvalue weighted by atomic mass is 9.89. The smallest absolute Gasteiger partial charge is 0.222 e. The topological polar surface area (TPSA) is 32.3 Å². The lowest BCUT2D eigenvalue weighted by Crippen LogP contribution is -2.52. The van der Waals surface area contributed by atoms with Crippen LogP contribution in [0.5, 0.6) is 0 Å². The Morgan fingerprint density at radius 1 is 1.20 bits per heavy atom. The van der Waals surface area contributed by atoms with Crippen LogP contribution >= 0.6 is 0 Å². The summed E-state index contributed by atoms with van der Waals surface area (Å²) >= 11 is 0. The molecule has 0 saturated carbocycles. The molecule has 0 radical (unpaired) electrons. The Kier molecular flexibility index (Phi) is 7.01. The number of carbonyl (C=O) groups is 1. The van der Waals surface area contributed by atoms with Crippen LogP contribution in [0.2, 0.25) is 0 Å². The highest BCUT2D eigenvalue weighted by Crippen LogP contribution is 2.23. The maximum Gasteiger partial charge on any atom is 0.222 e. The van der Waals surface area contributed by atoms with E-state index >= 15 is 0 Å². The normalized spacial score (nSPS) is 23.9. The van der Waals surface area contributed by atoms with E-state index in [4.69, 9.17) is 0 Å². The minimum Gasteiger partial charge on any atom is -0.341 e. The molecular weight excluding hydrogens is 248 g/mol. The van der Waals surface area contributed by atoms with E-state index in [1.807, 2.05) is 0 Å². The van der Waals surface area contributed by atoms with Crippen LogP contribution in [-0.2, 0) is 4.79 Å². The Labute approximate surface area is 125 Å². The third-order valence-electron chi connectivity index (χ3n) is 3.97. The molecule has 1 aliphatic rings. The molecule has 1 N–H and O–H groups in total. The zero-order valence-electron chi connectivity index (χ0n) is 14.2. The largest absolute Gasteiger partial charge is 0.341 e. The molecule has 3 nitrogen and oxygen atoms in total. The van der Waals surface area contributed by atoms with Crippen LogP contribution in [0.15, 0.2) is 0 Å². The fraction of sp³-hybridized carbons (Fsp3) is 0.941. The standard InChI is InChI=1S/C17H34N2O/c1-6-8-14-10-15(18-13-17(3,4)5)12-19(11-14)16(20)9-7-2/h14-15,18H,6-13H2,1-5H3. The van der Waals surface area contributed by atoms with Crippen molar-refractivity contribution < 1.29 is 4.79 Å². The fourth-order valence-electron chi connectivity index (χ4n) is 3.00. The molecule has 0 aromatic rings. The van der Waals surface area contributed by atoms with Crippen molar-refractivity contribution in [2.75, 3.05) is 19.6 Å². The molecule has 0 spiro atoms. The molecule has 1 heterocycles. The summed E-state index contributed by atoms with van der Waals surface area (Å²) in [6, 6.07) is 0.473. The Morgan fingerprint density at radius 3 is 2.45 bits per heavy atom. The predicted molar refractivity (Wildman–Crippen MR) is 85.7 cm³/mol. The summed E-state index contributed by atoms with van der Waals surface area (Å²) in [5, 5.41) is 3.68. The number of nitrogens with one attached hydrogen (secondary N) is 1. The minimum absolute atomic E-state index is 0.302. The molecule has 2 atom stereocenters. The van der Waals surface area contributed by atoms with Crippen molar-refractivity contribution in [1.29, 1.82) is 0 Å². The molecule has 0 aliphatic carbocycles. The molecule has 2 unspecified atom stereocenters. The number of carbonyl (C=O) groups excluding carboxylic acids is 1. The molecule has 20 heavy (non-hydrogen) atoms. The van der Waals surface area contributed by atoms with Crippen molar-refractivity contribution in [3.05, 3.63) is 0 Å². The van der Waals surface area contributed by atoms with Gasteiger partial charge in [-0.1, -0.05) is 41.0 Å². The highest BCUT2D eigenvalue weighted by molar-refractivity contribution is 5.76. The van der Waals surface area contributed by atoms with Gasteiger partial charge in [-0.25, -0.2) is 0 Å². The second-order valence-electron chi connectivity index (χ2n) is 7.58. The maximum absolute atomic E-state index is 12.2. The van der Waals surface area contributed by atoms with E-state index in [1.54, 1.807) is 0 Å². The third-order valence-corrected chi connectivity index (χ3v) is 3.97. The average molecular weight is 282 g/mol. The highest BCUT2D eigenvalue weighted by atomic mass is 16.2. The molecule has 0 aromatic heterocycles. The van der Waals surface area contributed by atoms with Gasteiger partial charge in [-0.2, -0.15) is 0 Å². The molecular formula is C17H34N2O. The molecule has 1 fully saturated rings. The molecule has 1 rings (SSSR count). The summed E-state index contributed by atoms with van der Waals surface area (Å²) < 4.78 is 0. The van der Waals surface area contributed by atoms with Gasteiger partial charge in [-0.15, -0.1) is 0 Å². The zero-order chi connectivity index (χ0) is 15.2. The SMILES string of the molecule is CCCC(=O)N1CC(CCC)CC(NCC(C)(C)C)C1. The molecule has 3 heteroatoms. The van der Waals surface area contributed by atoms with E-state index in [0.29, 0.717) is 29.7 Å². The van der Waals surface area contributed by atoms with Crippen LogP contribution in [0.1, 0.15) is 66.7 Å². The first-order chi connectivity index (χ1) is 9.35. The average Bonchev–Trinajstić information content (AvgIpc) is 2.36. The number of nitrogens with zero attached hydrogens (tertiary/aromatic N) is 1. The van der Waals surface area contributed by atoms with Gasteiger partial charge in [-0.05, 0) is 30.6 Å². The third kappa shape index (κ3) is 6.25. The number of hydrogen-bond acceptors (Lipinski definition) is 2. The Balaban J connectivity index is 2.58. The van der Waals surface area contributed by atoms with Gasteiger partial charge in [0.2, 0.25) is 5.91 Å². The van der Waals surface area contributed by atoms with Crippen LogP contribution in [-0.4, -0.2) is 36.5 Å². The van der Waals surface area contributed by atoms with Crippen LogP contribution in [0.3, 0.4) is 0 Å². The van der Waals surface area contributed by atoms with E-state index in [-0.39, 0.29) is 0 Å². The van der Waals surface area contributed by atoms with E-state index in [1.165, 1.54) is 19.3 Å². The first kappa shape index (κ1) is 17.5. The van der Waals surface area contributed by atoms with Gasteiger partial charge in [0.25, 0.3) is 0 Å². The van der Waals surface area contributed by atoms with Crippen LogP contribution in [0, 0.1) is 11.3 Å². The summed E-state index contributed by atoms with van der Waals surface area (Å²) in [5.74, 6) is 1.02. The van der Waals surface area contributed by atoms with Gasteiger partial charge in [0.15, 0.2) is 0 Å². The first-order valence-corrected chi connectivity index (χ1v) is 8.36. The Bertz CT molecular complexity index is 296. The van der Waals surface area contributed by atoms with E-state index in [2.05, 4.69) is 44.8 Å². The summed E-state index contributed by atoms with van der Waals surface area (Å²) in [4.78, 5) is 14.3. The van der Waals surface area contributed by atoms with Crippen LogP contribution in [0.25, 0.3) is 0 Å². The van der Waals surface area contributed by atoms with Gasteiger partial charge < -0.3 is 10.2 Å². The summed E-state index contributed by atoms with van der Waals surface area (Å²) in [5.41, 5.74) is 0.302. The molecule has 0 bridgehead atoms. The molecule has 1 saturated heterocycles. The lowest BCUT2D eigenvalue weighted by Gasteiger charge is -2.39. The number of hydrogen-bond donors (Lipinski definition) is 1. The second kappa shape index (κ2) is 8.02. The first-order valence-electron chi connectivity index (χ1n) is 8.36. The van der Waals surface area contributed by atoms with Gasteiger partial charge >= 0.3 is 0 Å². The molecule has 1 amide bonds. The van der Waals surface area contributed by atoms with Crippen molar-refractivity contribution in [2.45, 2.75) is 72.8 Å². The monoisotopic (exact) mass is 282 g/mol. The summed E-state index contributed by atoms with van der Waals surface area (Å²) in [6.45, 7) is 14.0. The number of likely N-dealkylation sites (tertiary alicyclic amines) is 1. The van der Waals surface area contributed by atoms with Crippen LogP contribution in [0.4, 0.5) is 0 Å². The van der Waals surface area contributed by atoms with Crippen molar-refractivity contribution in [3.8, 4) is 0 Å². The Hall–Kier alpha value is -0.570. The number of amides is 1. The minimum atomic E-state index is 0.302. The van der Waals surface area contributed by atoms with E-state index < -0.39 is 0 Å². The second-order valence-corrected chi connectivity index (χ2v) is 7.58. The van der Waals surface area contributed by atoms with E-state index in [0.717, 1.165) is 26.1 Å². The fourth-order valence-corrected chi connectivity index (χ4v) is 3.00. The highest BCUT2D eigenvalue weighted by Gasteiger charge is 2.29. The number of piperidine rings is 1. The van der Waals surface area contributed by atoms with Crippen molar-refractivity contribution in [2.24, 2.45) is 11.3 Å². The lowest BCUT2D eigenvalue weighted by molar-refractivity contribution is -0.133. The van der Waals surface area contributed by atoms with Crippen LogP contribution < -0.4 is 5.32 Å². The maximum atomic E-state index is 12.2. The van der Waals surface area contributed by atoms with Crippen molar-refractivity contribution in [3.63, 3.8) is 0 Å². The molecule has 118 valence electrons. The van der Waals surface area contributed by atoms with Gasteiger partial charge in [0, 0.05) is 32.1 Å². The zero-order valence-corrected chi connectivity index (χ0v) is 14.2. The Morgan fingerprint density at radius 2 is 1.90 bits per heavy atom. The number of rotatable bonds is 6. The summed E-state index contributed by atoms with van der Waals surface area (Å²) in [7, 11) is 0. The quantitative estimate of drug-likeness (QED) is 0.809. The van der Waals surface area contributed by atoms with E-state index in [9.17, 15) is 4.79 Å². The van der Waals surface area contributed by atoms with Gasteiger partial charge in [-0.3, -0.25) is 4.79 Å². The van der Waals surface area contributed by atoms with Crippen molar-refractivity contribution >= 4 is 5.91 Å². The summed E-state index contributed by atoms with van der Waals surface area (Å²) in [6.07, 6.45) is 5.33. The van der Waals surface area contributed by atoms with Gasteiger partial charge in [0.05, 0.1) is 0 Å². The predicted octanol–water partition coefficient (Wildman–Crippen LogP) is 3.44. The van der Waals surface area contributed by atoms with Gasteiger partial charge in [0.1, 0.15) is 0 Å². The molecule has 1 aliphatic heterocycles. The molecule has 0 aromatic carbocycles. The van der Waals surface area contributed by atoms with Crippen molar-refractivity contribution in [1.82, 2.24) is 10.2 Å².